The third-order valence-corrected chi connectivity index (χ3v) is 22.8. The van der Waals surface area contributed by atoms with Crippen molar-refractivity contribution in [1.29, 1.82) is 0 Å². The van der Waals surface area contributed by atoms with Crippen LogP contribution in [0.5, 0.6) is 11.5 Å². The maximum atomic E-state index is 11.3. The summed E-state index contributed by atoms with van der Waals surface area (Å²) in [5, 5.41) is 12.8. The molecule has 0 aliphatic heterocycles. The highest BCUT2D eigenvalue weighted by Gasteiger charge is 2.52. The van der Waals surface area contributed by atoms with Gasteiger partial charge in [-0.3, -0.25) is 9.59 Å². The van der Waals surface area contributed by atoms with Gasteiger partial charge in [0.2, 0.25) is 0 Å². The lowest BCUT2D eigenvalue weighted by molar-refractivity contribution is -0.929. The van der Waals surface area contributed by atoms with Crippen LogP contribution in [0.4, 0.5) is 11.4 Å². The van der Waals surface area contributed by atoms with Crippen molar-refractivity contribution in [1.82, 2.24) is 0 Å². The molecule has 0 fully saturated rings. The van der Waals surface area contributed by atoms with Crippen LogP contribution in [-0.4, -0.2) is 82.8 Å². The summed E-state index contributed by atoms with van der Waals surface area (Å²) in [4.78, 5) is 30.4. The third kappa shape index (κ3) is 23.9. The van der Waals surface area contributed by atoms with Crippen molar-refractivity contribution >= 4 is 89.6 Å². The Morgan fingerprint density at radius 2 is 0.812 bits per heavy atom. The first-order chi connectivity index (χ1) is 40.7. The monoisotopic (exact) mass is 1210 g/mol. The quantitative estimate of drug-likeness (QED) is 0.0240. The van der Waals surface area contributed by atoms with Crippen LogP contribution in [0.3, 0.4) is 0 Å². The van der Waals surface area contributed by atoms with Crippen LogP contribution < -0.4 is 29.3 Å². The number of thiophene rings is 2. The molecule has 0 saturated heterocycles. The van der Waals surface area contributed by atoms with Gasteiger partial charge in [0.15, 0.2) is 12.6 Å². The molecule has 4 aromatic carbocycles. The van der Waals surface area contributed by atoms with E-state index in [1.54, 1.807) is 6.07 Å². The van der Waals surface area contributed by atoms with Crippen molar-refractivity contribution in [2.45, 2.75) is 184 Å². The zero-order valence-corrected chi connectivity index (χ0v) is 56.8. The van der Waals surface area contributed by atoms with Crippen molar-refractivity contribution in [2.24, 2.45) is 0 Å². The van der Waals surface area contributed by atoms with E-state index in [9.17, 15) is 14.7 Å². The Hall–Kier alpha value is -5.59. The number of unbranched alkanes of at least 4 members (excludes halogenated alkanes) is 8. The van der Waals surface area contributed by atoms with Crippen molar-refractivity contribution in [3.05, 3.63) is 152 Å². The van der Waals surface area contributed by atoms with E-state index in [0.717, 1.165) is 102 Å². The lowest BCUT2D eigenvalue weighted by Gasteiger charge is -2.43. The molecule has 0 amide bonds. The van der Waals surface area contributed by atoms with Crippen LogP contribution >= 0.6 is 22.7 Å². The van der Waals surface area contributed by atoms with Gasteiger partial charge in [0.25, 0.3) is 0 Å². The number of hydrogen-bond acceptors (Lipinski definition) is 8. The Morgan fingerprint density at radius 3 is 1.15 bits per heavy atom. The smallest absolute Gasteiger partial charge is 0.319 e. The molecule has 0 unspecified atom stereocenters. The second-order valence-corrected chi connectivity index (χ2v) is 30.2. The van der Waals surface area contributed by atoms with Gasteiger partial charge in [-0.2, -0.15) is 0 Å². The Balaban J connectivity index is 0.000000373. The number of phenols is 1. The fourth-order valence-electron chi connectivity index (χ4n) is 10.8. The average molecular weight is 1210 g/mol. The molecule has 0 spiro atoms. The SMILES string of the molecule is CCCCN(CCCC)c1ccc(/C=C/c2ccc(C=O)s2)c(O)c1.CCCCN(CCCC)c1ccc(/C=C/c2ccc(C=O)s2)c(O[Si](c2ccccc2)(c2ccccc2)C(C)(C)C)c1.CCCC[N+](CCCC)(CCCC)CCCC.[F-]. The molecular weight excluding hydrogens is 1110 g/mol. The minimum absolute atomic E-state index is 0. The summed E-state index contributed by atoms with van der Waals surface area (Å²) in [6.07, 6.45) is 30.2. The minimum atomic E-state index is -2.84. The molecule has 11 heteroatoms. The molecule has 6 aromatic rings. The molecular formula is C74H108FN3O4S2Si. The molecule has 0 radical (unpaired) electrons. The molecule has 6 rings (SSSR count). The number of anilines is 2. The fraction of sp³-hybridized carbons (Fsp3) is 0.486. The summed E-state index contributed by atoms with van der Waals surface area (Å²) in [6.45, 7) is 35.0. The van der Waals surface area contributed by atoms with E-state index in [0.29, 0.717) is 10.6 Å². The van der Waals surface area contributed by atoms with Crippen LogP contribution in [-0.2, 0) is 0 Å². The molecule has 0 bridgehead atoms. The van der Waals surface area contributed by atoms with Crippen LogP contribution in [0.2, 0.25) is 5.04 Å². The van der Waals surface area contributed by atoms with Crippen molar-refractivity contribution < 1.29 is 28.3 Å². The first-order valence-electron chi connectivity index (χ1n) is 32.3. The highest BCUT2D eigenvalue weighted by atomic mass is 32.1. The molecule has 85 heavy (non-hydrogen) atoms. The van der Waals surface area contributed by atoms with Crippen molar-refractivity contribution in [3.63, 3.8) is 0 Å². The van der Waals surface area contributed by atoms with E-state index < -0.39 is 8.32 Å². The number of benzene rings is 4. The van der Waals surface area contributed by atoms with Crippen molar-refractivity contribution in [2.75, 3.05) is 62.2 Å². The zero-order chi connectivity index (χ0) is 61.1. The van der Waals surface area contributed by atoms with E-state index in [1.807, 2.05) is 42.5 Å². The summed E-state index contributed by atoms with van der Waals surface area (Å²) < 4.78 is 9.01. The number of quaternary nitrogens is 1. The minimum Gasteiger partial charge on any atom is -1.00 e. The number of carbonyl (C=O) groups is 2. The predicted octanol–water partition coefficient (Wildman–Crippen LogP) is 16.9. The largest absolute Gasteiger partial charge is 1.00 e. The Labute approximate surface area is 524 Å². The molecule has 0 aliphatic rings. The van der Waals surface area contributed by atoms with Gasteiger partial charge in [-0.05, 0) is 140 Å². The Bertz CT molecular complexity index is 2710. The lowest BCUT2D eigenvalue weighted by Crippen LogP contribution is -3.00. The van der Waals surface area contributed by atoms with Gasteiger partial charge in [-0.15, -0.1) is 22.7 Å². The van der Waals surface area contributed by atoms with Crippen molar-refractivity contribution in [3.8, 4) is 11.5 Å². The number of carbonyl (C=O) groups excluding carboxylic acids is 2. The number of halogens is 1. The van der Waals surface area contributed by atoms with Crippen LogP contribution in [0.15, 0.2) is 121 Å². The number of nitrogens with zero attached hydrogens (tertiary/aromatic N) is 3. The normalized spacial score (nSPS) is 11.6. The summed E-state index contributed by atoms with van der Waals surface area (Å²) in [7, 11) is -2.84. The molecule has 7 nitrogen and oxygen atoms in total. The second-order valence-electron chi connectivity index (χ2n) is 23.7. The summed E-state index contributed by atoms with van der Waals surface area (Å²) in [5.74, 6) is 1.20. The van der Waals surface area contributed by atoms with Gasteiger partial charge in [0.1, 0.15) is 11.5 Å². The molecule has 1 N–H and O–H groups in total. The summed E-state index contributed by atoms with van der Waals surface area (Å²) in [5.41, 5.74) is 4.12. The number of phenolic OH excluding ortho intramolecular Hbond substituents is 1. The summed E-state index contributed by atoms with van der Waals surface area (Å²) in [6, 6.07) is 41.9. The fourth-order valence-corrected chi connectivity index (χ4v) is 16.7. The van der Waals surface area contributed by atoms with E-state index in [2.05, 4.69) is 183 Å². The van der Waals surface area contributed by atoms with Gasteiger partial charge < -0.3 is 28.5 Å². The number of hydrogen-bond donors (Lipinski definition) is 1. The van der Waals surface area contributed by atoms with Gasteiger partial charge in [0, 0.05) is 70.6 Å². The highest BCUT2D eigenvalue weighted by Crippen LogP contribution is 2.40. The first kappa shape index (κ1) is 73.7. The number of aldehydes is 2. The molecule has 466 valence electrons. The van der Waals surface area contributed by atoms with Gasteiger partial charge >= 0.3 is 8.32 Å². The second kappa shape index (κ2) is 40.7. The van der Waals surface area contributed by atoms with E-state index in [-0.39, 0.29) is 9.74 Å². The molecule has 0 atom stereocenters. The summed E-state index contributed by atoms with van der Waals surface area (Å²) >= 11 is 2.94. The lowest BCUT2D eigenvalue weighted by atomic mass is 10.1. The van der Waals surface area contributed by atoms with Gasteiger partial charge in [-0.1, -0.05) is 188 Å². The van der Waals surface area contributed by atoms with Crippen LogP contribution in [0.25, 0.3) is 24.3 Å². The maximum absolute atomic E-state index is 11.3. The van der Waals surface area contributed by atoms with Gasteiger partial charge in [0.05, 0.1) is 35.9 Å². The molecule has 0 saturated carbocycles. The first-order valence-corrected chi connectivity index (χ1v) is 35.9. The number of rotatable bonds is 36. The van der Waals surface area contributed by atoms with E-state index in [4.69, 9.17) is 4.43 Å². The standard InChI is InChI=1S/C37H45NO2SSi.C21H27NO2S.C16H36N.FH/c1-6-8-26-38(27-9-7-2)31-22-20-30(21-23-32-24-25-33(29-39)41-32)36(28-31)40-42(37(3,4)5,34-16-12-10-13-17-34)35-18-14-11-15-19-35;1-3-5-13-22(14-6-4-2)18-9-7-17(21(24)15-18)8-10-19-11-12-20(16-23)25-19;1-5-9-13-17(14-10-6-2,15-11-7-3)16-12-8-4;/h10-25,28-29H,6-9,26-27H2,1-5H3;7-12,15-16,24H,3-6,13-14H2,1-2H3;5-16H2,1-4H3;1H/q;;+1;/p-1/b23-21+;10-8+;;. The van der Waals surface area contributed by atoms with Crippen LogP contribution in [0, 0.1) is 0 Å². The highest BCUT2D eigenvalue weighted by molar-refractivity contribution is 7.14. The third-order valence-electron chi connectivity index (χ3n) is 15.9. The molecule has 0 aliphatic carbocycles. The van der Waals surface area contributed by atoms with Gasteiger partial charge in [-0.25, -0.2) is 0 Å². The topological polar surface area (TPSA) is 70.1 Å². The molecule has 2 heterocycles. The average Bonchev–Trinajstić information content (AvgIpc) is 4.38. The predicted molar refractivity (Wildman–Crippen MR) is 373 cm³/mol. The van der Waals surface area contributed by atoms with E-state index in [1.165, 1.54) is 146 Å². The number of aromatic hydroxyl groups is 1. The van der Waals surface area contributed by atoms with E-state index >= 15 is 0 Å². The van der Waals surface area contributed by atoms with Crippen LogP contribution in [0.1, 0.15) is 219 Å². The maximum Gasteiger partial charge on any atom is 0.319 e. The molecule has 2 aromatic heterocycles. The Morgan fingerprint density at radius 1 is 0.459 bits per heavy atom. The Kier molecular flexibility index (Phi) is 35.3. The zero-order valence-electron chi connectivity index (χ0n) is 54.2.